The molecule has 0 amide bonds. The number of aliphatic hydroxyl groups is 2. The summed E-state index contributed by atoms with van der Waals surface area (Å²) in [4.78, 5) is 0. The summed E-state index contributed by atoms with van der Waals surface area (Å²) in [5.74, 6) is 0. The zero-order valence-corrected chi connectivity index (χ0v) is 17.1. The van der Waals surface area contributed by atoms with Gasteiger partial charge in [0.1, 0.15) is 0 Å². The van der Waals surface area contributed by atoms with E-state index in [0.29, 0.717) is 9.55 Å². The highest BCUT2D eigenvalue weighted by Crippen LogP contribution is 2.30. The highest BCUT2D eigenvalue weighted by molar-refractivity contribution is 7.30. The summed E-state index contributed by atoms with van der Waals surface area (Å²) in [6.45, 7) is 13.5. The second kappa shape index (κ2) is 7.31. The van der Waals surface area contributed by atoms with Gasteiger partial charge in [-0.05, 0) is 55.4 Å². The van der Waals surface area contributed by atoms with Crippen molar-refractivity contribution in [2.24, 2.45) is 0 Å². The molecule has 1 aromatic rings. The van der Waals surface area contributed by atoms with Crippen LogP contribution in [0.2, 0.25) is 0 Å². The molecule has 0 fully saturated rings. The molecule has 9 heteroatoms. The van der Waals surface area contributed by atoms with Gasteiger partial charge >= 0.3 is 14.2 Å². The SMILES string of the molecule is CC(C)(O)C(C)(C)OB(OC(C)(C)C(C)(C)O)c1ccc(B(O)O)s1. The molecule has 0 aliphatic carbocycles. The molecule has 1 aromatic heterocycles. The smallest absolute Gasteiger partial charge is 0.423 e. The molecular weight excluding hydrogens is 342 g/mol. The van der Waals surface area contributed by atoms with Gasteiger partial charge in [0.2, 0.25) is 0 Å². The zero-order chi connectivity index (χ0) is 19.8. The lowest BCUT2D eigenvalue weighted by molar-refractivity contribution is -0.131. The first kappa shape index (κ1) is 22.6. The lowest BCUT2D eigenvalue weighted by atomic mass is 9.78. The summed E-state index contributed by atoms with van der Waals surface area (Å²) in [6, 6.07) is 3.27. The van der Waals surface area contributed by atoms with Gasteiger partial charge in [-0.2, -0.15) is 11.3 Å². The first-order chi connectivity index (χ1) is 11.0. The van der Waals surface area contributed by atoms with E-state index < -0.39 is 36.6 Å². The minimum Gasteiger partial charge on any atom is -0.423 e. The van der Waals surface area contributed by atoms with Crippen molar-refractivity contribution in [1.29, 1.82) is 0 Å². The van der Waals surface area contributed by atoms with Gasteiger partial charge < -0.3 is 29.6 Å². The molecule has 0 aliphatic heterocycles. The summed E-state index contributed by atoms with van der Waals surface area (Å²) < 4.78 is 13.1. The summed E-state index contributed by atoms with van der Waals surface area (Å²) >= 11 is 1.14. The molecule has 1 heterocycles. The van der Waals surface area contributed by atoms with Crippen LogP contribution < -0.4 is 9.55 Å². The van der Waals surface area contributed by atoms with Crippen LogP contribution in [-0.4, -0.2) is 56.9 Å². The van der Waals surface area contributed by atoms with Gasteiger partial charge in [0, 0.05) is 9.55 Å². The molecule has 0 aliphatic rings. The van der Waals surface area contributed by atoms with Crippen LogP contribution in [0.15, 0.2) is 12.1 Å². The molecular formula is C16H30B2O6S. The average molecular weight is 372 g/mol. The molecule has 0 atom stereocenters. The van der Waals surface area contributed by atoms with Gasteiger partial charge in [-0.3, -0.25) is 0 Å². The molecule has 142 valence electrons. The minimum absolute atomic E-state index is 0.356. The Morgan fingerprint density at radius 1 is 0.760 bits per heavy atom. The largest absolute Gasteiger partial charge is 0.505 e. The van der Waals surface area contributed by atoms with E-state index in [1.54, 1.807) is 67.5 Å². The van der Waals surface area contributed by atoms with Gasteiger partial charge in [0.25, 0.3) is 0 Å². The fourth-order valence-corrected chi connectivity index (χ4v) is 2.44. The molecule has 0 unspecified atom stereocenters. The number of hydrogen-bond donors (Lipinski definition) is 4. The van der Waals surface area contributed by atoms with Crippen molar-refractivity contribution in [2.45, 2.75) is 77.8 Å². The van der Waals surface area contributed by atoms with Crippen molar-refractivity contribution in [2.75, 3.05) is 0 Å². The molecule has 0 saturated heterocycles. The van der Waals surface area contributed by atoms with Crippen LogP contribution in [0.4, 0.5) is 0 Å². The van der Waals surface area contributed by atoms with E-state index in [1.165, 1.54) is 0 Å². The second-order valence-electron chi connectivity index (χ2n) is 8.32. The molecule has 25 heavy (non-hydrogen) atoms. The van der Waals surface area contributed by atoms with E-state index in [0.717, 1.165) is 11.3 Å². The topological polar surface area (TPSA) is 99.4 Å². The molecule has 0 saturated carbocycles. The maximum Gasteiger partial charge on any atom is 0.505 e. The molecule has 0 aromatic carbocycles. The van der Waals surface area contributed by atoms with Crippen molar-refractivity contribution in [3.05, 3.63) is 12.1 Å². The van der Waals surface area contributed by atoms with Gasteiger partial charge in [-0.15, -0.1) is 0 Å². The van der Waals surface area contributed by atoms with Gasteiger partial charge in [0.05, 0.1) is 22.4 Å². The van der Waals surface area contributed by atoms with E-state index >= 15 is 0 Å². The van der Waals surface area contributed by atoms with Crippen molar-refractivity contribution in [1.82, 2.24) is 0 Å². The van der Waals surface area contributed by atoms with E-state index in [1.807, 2.05) is 0 Å². The van der Waals surface area contributed by atoms with Gasteiger partial charge in [-0.1, -0.05) is 12.1 Å². The van der Waals surface area contributed by atoms with Crippen LogP contribution in [0.3, 0.4) is 0 Å². The Morgan fingerprint density at radius 2 is 1.12 bits per heavy atom. The van der Waals surface area contributed by atoms with E-state index in [4.69, 9.17) is 9.31 Å². The Bertz CT molecular complexity index is 544. The van der Waals surface area contributed by atoms with Gasteiger partial charge in [0.15, 0.2) is 0 Å². The van der Waals surface area contributed by atoms with Crippen molar-refractivity contribution in [3.8, 4) is 0 Å². The van der Waals surface area contributed by atoms with Crippen LogP contribution in [0, 0.1) is 0 Å². The highest BCUT2D eigenvalue weighted by Gasteiger charge is 2.46. The molecule has 0 radical (unpaired) electrons. The summed E-state index contributed by atoms with van der Waals surface area (Å²) in [6.07, 6.45) is 0. The third kappa shape index (κ3) is 5.53. The molecule has 0 spiro atoms. The summed E-state index contributed by atoms with van der Waals surface area (Å²) in [7, 11) is -2.48. The second-order valence-corrected chi connectivity index (χ2v) is 9.47. The Balaban J connectivity index is 3.22. The molecule has 6 nitrogen and oxygen atoms in total. The highest BCUT2D eigenvalue weighted by atomic mass is 32.1. The minimum atomic E-state index is -1.58. The third-order valence-electron chi connectivity index (χ3n) is 4.88. The van der Waals surface area contributed by atoms with Crippen LogP contribution in [0.25, 0.3) is 0 Å². The van der Waals surface area contributed by atoms with Crippen molar-refractivity contribution >= 4 is 35.1 Å². The lowest BCUT2D eigenvalue weighted by Crippen LogP contribution is -2.58. The monoisotopic (exact) mass is 372 g/mol. The average Bonchev–Trinajstić information content (AvgIpc) is 2.83. The lowest BCUT2D eigenvalue weighted by Gasteiger charge is -2.43. The summed E-state index contributed by atoms with van der Waals surface area (Å²) in [5.41, 5.74) is -4.22. The van der Waals surface area contributed by atoms with Crippen LogP contribution >= 0.6 is 11.3 Å². The zero-order valence-electron chi connectivity index (χ0n) is 16.3. The Morgan fingerprint density at radius 3 is 1.40 bits per heavy atom. The first-order valence-corrected chi connectivity index (χ1v) is 9.06. The first-order valence-electron chi connectivity index (χ1n) is 8.24. The number of hydrogen-bond acceptors (Lipinski definition) is 7. The fraction of sp³-hybridized carbons (Fsp3) is 0.750. The van der Waals surface area contributed by atoms with E-state index in [2.05, 4.69) is 0 Å². The fourth-order valence-electron chi connectivity index (χ4n) is 1.60. The Kier molecular flexibility index (Phi) is 6.61. The molecule has 1 rings (SSSR count). The standard InChI is InChI=1S/C16H30B2O6S/c1-13(2,19)15(5,6)23-18(24-16(7,8)14(3,4)20)12-10-9-11(25-12)17(21)22/h9-10,19-22H,1-8H3. The maximum absolute atomic E-state index is 10.4. The predicted molar refractivity (Wildman–Crippen MR) is 102 cm³/mol. The maximum atomic E-state index is 10.4. The third-order valence-corrected chi connectivity index (χ3v) is 6.03. The Hall–Kier alpha value is -0.410. The van der Waals surface area contributed by atoms with Crippen LogP contribution in [0.5, 0.6) is 0 Å². The van der Waals surface area contributed by atoms with E-state index in [9.17, 15) is 20.3 Å². The van der Waals surface area contributed by atoms with Crippen LogP contribution in [0.1, 0.15) is 55.4 Å². The summed E-state index contributed by atoms with van der Waals surface area (Å²) in [5, 5.41) is 39.5. The Labute approximate surface area is 155 Å². The van der Waals surface area contributed by atoms with Crippen molar-refractivity contribution < 1.29 is 29.6 Å². The predicted octanol–water partition coefficient (Wildman–Crippen LogP) is 0.255. The van der Waals surface area contributed by atoms with Crippen molar-refractivity contribution in [3.63, 3.8) is 0 Å². The van der Waals surface area contributed by atoms with Crippen LogP contribution in [-0.2, 0) is 9.31 Å². The van der Waals surface area contributed by atoms with Gasteiger partial charge in [-0.25, -0.2) is 0 Å². The number of rotatable bonds is 8. The quantitative estimate of drug-likeness (QED) is 0.489. The molecule has 0 bridgehead atoms. The van der Waals surface area contributed by atoms with E-state index in [-0.39, 0.29) is 0 Å². The number of thiophene rings is 1. The normalized spacial score (nSPS) is 13.9. The molecule has 4 N–H and O–H groups in total.